The van der Waals surface area contributed by atoms with Crippen LogP contribution in [-0.2, 0) is 6.42 Å². The van der Waals surface area contributed by atoms with Crippen LogP contribution in [0.25, 0.3) is 0 Å². The molecule has 0 spiro atoms. The molecule has 0 bridgehead atoms. The van der Waals surface area contributed by atoms with E-state index in [1.54, 1.807) is 14.2 Å². The molecule has 3 heteroatoms. The Morgan fingerprint density at radius 3 is 2.38 bits per heavy atom. The average Bonchev–Trinajstić information content (AvgIpc) is 2.18. The molecule has 1 aromatic rings. The van der Waals surface area contributed by atoms with E-state index in [0.29, 0.717) is 0 Å². The molecule has 72 valence electrons. The van der Waals surface area contributed by atoms with Gasteiger partial charge >= 0.3 is 0 Å². The van der Waals surface area contributed by atoms with Crippen molar-refractivity contribution in [3.63, 3.8) is 0 Å². The molecule has 1 aromatic carbocycles. The van der Waals surface area contributed by atoms with Gasteiger partial charge in [0.1, 0.15) is 11.5 Å². The largest absolute Gasteiger partial charge is 0.497 e. The number of hydrogen-bond acceptors (Lipinski definition) is 3. The zero-order chi connectivity index (χ0) is 9.84. The van der Waals surface area contributed by atoms with Crippen molar-refractivity contribution in [1.82, 2.24) is 0 Å². The monoisotopic (exact) mass is 198 g/mol. The third-order valence-corrected chi connectivity index (χ3v) is 2.47. The Balaban J connectivity index is 3.20. The van der Waals surface area contributed by atoms with Crippen molar-refractivity contribution < 1.29 is 9.47 Å². The molecule has 0 N–H and O–H groups in total. The lowest BCUT2D eigenvalue weighted by Crippen LogP contribution is -1.92. The lowest BCUT2D eigenvalue weighted by Gasteiger charge is -2.10. The zero-order valence-electron chi connectivity index (χ0n) is 8.13. The molecule has 2 nitrogen and oxygen atoms in total. The van der Waals surface area contributed by atoms with Crippen molar-refractivity contribution >= 4 is 12.6 Å². The van der Waals surface area contributed by atoms with Crippen LogP contribution in [0.3, 0.4) is 0 Å². The molecule has 0 unspecified atom stereocenters. The Kier molecular flexibility index (Phi) is 3.48. The molecule has 0 heterocycles. The maximum absolute atomic E-state index is 5.17. The fraction of sp³-hybridized carbons (Fsp3) is 0.400. The van der Waals surface area contributed by atoms with E-state index < -0.39 is 0 Å². The molecule has 13 heavy (non-hydrogen) atoms. The van der Waals surface area contributed by atoms with Gasteiger partial charge in [-0.1, -0.05) is 6.92 Å². The predicted octanol–water partition coefficient (Wildman–Crippen LogP) is 2.55. The number of rotatable bonds is 3. The first-order valence-electron chi connectivity index (χ1n) is 4.16. The summed E-state index contributed by atoms with van der Waals surface area (Å²) >= 11 is 4.38. The third-order valence-electron chi connectivity index (χ3n) is 1.96. The van der Waals surface area contributed by atoms with Gasteiger partial charge in [-0.05, 0) is 18.1 Å². The second-order valence-corrected chi connectivity index (χ2v) is 3.14. The Hall–Kier alpha value is -0.830. The van der Waals surface area contributed by atoms with Crippen molar-refractivity contribution in [3.05, 3.63) is 17.7 Å². The summed E-state index contributed by atoms with van der Waals surface area (Å²) in [6.07, 6.45) is 0.923. The van der Waals surface area contributed by atoms with Gasteiger partial charge in [-0.2, -0.15) is 0 Å². The van der Waals surface area contributed by atoms with Gasteiger partial charge in [-0.3, -0.25) is 0 Å². The van der Waals surface area contributed by atoms with Gasteiger partial charge in [0.25, 0.3) is 0 Å². The minimum atomic E-state index is 0.763. The molecular formula is C10H14O2S. The molecule has 0 aliphatic heterocycles. The molecular weight excluding hydrogens is 184 g/mol. The molecule has 0 saturated carbocycles. The second kappa shape index (κ2) is 4.42. The van der Waals surface area contributed by atoms with E-state index in [0.717, 1.165) is 28.4 Å². The van der Waals surface area contributed by atoms with E-state index in [1.807, 2.05) is 12.1 Å². The standard InChI is InChI=1S/C10H14O2S/c1-4-7-5-8(11-2)6-9(12-3)10(7)13/h5-6,13H,4H2,1-3H3. The van der Waals surface area contributed by atoms with Crippen LogP contribution in [0.15, 0.2) is 17.0 Å². The zero-order valence-corrected chi connectivity index (χ0v) is 9.02. The van der Waals surface area contributed by atoms with Crippen LogP contribution in [0.5, 0.6) is 11.5 Å². The van der Waals surface area contributed by atoms with Crippen LogP contribution in [0, 0.1) is 0 Å². The molecule has 0 aliphatic carbocycles. The quantitative estimate of drug-likeness (QED) is 0.752. The van der Waals surface area contributed by atoms with E-state index in [1.165, 1.54) is 0 Å². The maximum atomic E-state index is 5.17. The minimum Gasteiger partial charge on any atom is -0.497 e. The first kappa shape index (κ1) is 10.3. The van der Waals surface area contributed by atoms with Crippen LogP contribution in [0.4, 0.5) is 0 Å². The molecule has 0 aromatic heterocycles. The minimum absolute atomic E-state index is 0.763. The number of thiol groups is 1. The summed E-state index contributed by atoms with van der Waals surface area (Å²) in [5.41, 5.74) is 1.14. The third kappa shape index (κ3) is 2.10. The highest BCUT2D eigenvalue weighted by Gasteiger charge is 2.06. The number of methoxy groups -OCH3 is 2. The summed E-state index contributed by atoms with van der Waals surface area (Å²) in [4.78, 5) is 0.894. The normalized spacial score (nSPS) is 9.85. The summed E-state index contributed by atoms with van der Waals surface area (Å²) in [5, 5.41) is 0. The average molecular weight is 198 g/mol. The van der Waals surface area contributed by atoms with Gasteiger partial charge in [0.2, 0.25) is 0 Å². The topological polar surface area (TPSA) is 18.5 Å². The molecule has 0 radical (unpaired) electrons. The van der Waals surface area contributed by atoms with Crippen molar-refractivity contribution in [2.45, 2.75) is 18.2 Å². The summed E-state index contributed by atoms with van der Waals surface area (Å²) in [7, 11) is 3.28. The van der Waals surface area contributed by atoms with Gasteiger partial charge in [0.05, 0.1) is 14.2 Å². The fourth-order valence-corrected chi connectivity index (χ4v) is 1.56. The highest BCUT2D eigenvalue weighted by Crippen LogP contribution is 2.31. The number of benzene rings is 1. The summed E-state index contributed by atoms with van der Waals surface area (Å²) in [6.45, 7) is 2.08. The molecule has 1 rings (SSSR count). The van der Waals surface area contributed by atoms with Gasteiger partial charge in [-0.15, -0.1) is 12.6 Å². The Bertz CT molecular complexity index is 272. The van der Waals surface area contributed by atoms with E-state index in [4.69, 9.17) is 9.47 Å². The predicted molar refractivity (Wildman–Crippen MR) is 56.2 cm³/mol. The maximum Gasteiger partial charge on any atom is 0.136 e. The fourth-order valence-electron chi connectivity index (χ4n) is 1.18. The van der Waals surface area contributed by atoms with Crippen molar-refractivity contribution in [1.29, 1.82) is 0 Å². The van der Waals surface area contributed by atoms with Crippen molar-refractivity contribution in [2.24, 2.45) is 0 Å². The number of hydrogen-bond donors (Lipinski definition) is 1. The molecule has 0 fully saturated rings. The van der Waals surface area contributed by atoms with E-state index in [-0.39, 0.29) is 0 Å². The lowest BCUT2D eigenvalue weighted by molar-refractivity contribution is 0.386. The highest BCUT2D eigenvalue weighted by atomic mass is 32.1. The van der Waals surface area contributed by atoms with Gasteiger partial charge in [0, 0.05) is 11.0 Å². The smallest absolute Gasteiger partial charge is 0.136 e. The number of ether oxygens (including phenoxy) is 2. The van der Waals surface area contributed by atoms with Crippen LogP contribution < -0.4 is 9.47 Å². The second-order valence-electron chi connectivity index (χ2n) is 2.69. The van der Waals surface area contributed by atoms with Crippen molar-refractivity contribution in [2.75, 3.05) is 14.2 Å². The number of aryl methyl sites for hydroxylation is 1. The van der Waals surface area contributed by atoms with Crippen LogP contribution >= 0.6 is 12.6 Å². The van der Waals surface area contributed by atoms with E-state index in [9.17, 15) is 0 Å². The summed E-state index contributed by atoms with van der Waals surface area (Å²) < 4.78 is 10.3. The Morgan fingerprint density at radius 2 is 1.92 bits per heavy atom. The SMILES string of the molecule is CCc1cc(OC)cc(OC)c1S. The first-order valence-corrected chi connectivity index (χ1v) is 4.61. The molecule has 0 atom stereocenters. The van der Waals surface area contributed by atoms with Crippen molar-refractivity contribution in [3.8, 4) is 11.5 Å². The Labute approximate surface area is 84.3 Å². The Morgan fingerprint density at radius 1 is 1.23 bits per heavy atom. The molecule has 0 saturated heterocycles. The molecule has 0 aliphatic rings. The van der Waals surface area contributed by atoms with Crippen LogP contribution in [0.1, 0.15) is 12.5 Å². The van der Waals surface area contributed by atoms with Gasteiger partial charge in [0.15, 0.2) is 0 Å². The molecule has 0 amide bonds. The van der Waals surface area contributed by atoms with Crippen LogP contribution in [-0.4, -0.2) is 14.2 Å². The van der Waals surface area contributed by atoms with Gasteiger partial charge in [-0.25, -0.2) is 0 Å². The van der Waals surface area contributed by atoms with Gasteiger partial charge < -0.3 is 9.47 Å². The highest BCUT2D eigenvalue weighted by molar-refractivity contribution is 7.80. The summed E-state index contributed by atoms with van der Waals surface area (Å²) in [6, 6.07) is 3.81. The van der Waals surface area contributed by atoms with E-state index >= 15 is 0 Å². The summed E-state index contributed by atoms with van der Waals surface area (Å²) in [5.74, 6) is 1.58. The lowest BCUT2D eigenvalue weighted by atomic mass is 10.1. The van der Waals surface area contributed by atoms with E-state index in [2.05, 4.69) is 19.6 Å². The van der Waals surface area contributed by atoms with Crippen LogP contribution in [0.2, 0.25) is 0 Å². The first-order chi connectivity index (χ1) is 6.22.